The number of rotatable bonds is 5. The lowest BCUT2D eigenvalue weighted by Gasteiger charge is -2.30. The molecule has 2 fully saturated rings. The van der Waals surface area contributed by atoms with Gasteiger partial charge in [-0.3, -0.25) is 19.5 Å². The molecule has 3 aromatic rings. The van der Waals surface area contributed by atoms with Gasteiger partial charge in [0, 0.05) is 42.4 Å². The van der Waals surface area contributed by atoms with Crippen molar-refractivity contribution in [1.82, 2.24) is 4.98 Å². The maximum atomic E-state index is 13.4. The molecule has 2 saturated heterocycles. The van der Waals surface area contributed by atoms with Crippen LogP contribution in [0.3, 0.4) is 0 Å². The van der Waals surface area contributed by atoms with Crippen LogP contribution in [-0.4, -0.2) is 42.0 Å². The number of ketones is 1. The Labute approximate surface area is 210 Å². The number of Topliss-reactive ketones (excluding diaryl/α,β-unsaturated/α-hetero) is 1. The lowest BCUT2D eigenvalue weighted by atomic mass is 9.95. The lowest BCUT2D eigenvalue weighted by molar-refractivity contribution is -0.132. The Balaban J connectivity index is 1.59. The number of piperidine rings is 1. The number of nitrogens with zero attached hydrogens (tertiary/aromatic N) is 3. The SMILES string of the molecule is COc1ccc(/C(O)=C2/C(=O)C(=O)N(c3ccc(N4CCCCC4)cc3)C2c2ccncc2)cc1C. The molecule has 1 amide bonds. The second-order valence-electron chi connectivity index (χ2n) is 9.20. The summed E-state index contributed by atoms with van der Waals surface area (Å²) in [7, 11) is 1.58. The van der Waals surface area contributed by atoms with Gasteiger partial charge in [0.05, 0.1) is 18.7 Å². The van der Waals surface area contributed by atoms with Crippen molar-refractivity contribution in [2.45, 2.75) is 32.2 Å². The third-order valence-corrected chi connectivity index (χ3v) is 6.98. The molecule has 0 saturated carbocycles. The van der Waals surface area contributed by atoms with Gasteiger partial charge in [0.1, 0.15) is 11.5 Å². The maximum Gasteiger partial charge on any atom is 0.300 e. The largest absolute Gasteiger partial charge is 0.507 e. The Morgan fingerprint density at radius 2 is 1.61 bits per heavy atom. The van der Waals surface area contributed by atoms with Crippen molar-refractivity contribution in [3.8, 4) is 5.75 Å². The normalized spacial score (nSPS) is 19.6. The maximum absolute atomic E-state index is 13.4. The van der Waals surface area contributed by atoms with Gasteiger partial charge in [-0.05, 0) is 91.9 Å². The smallest absolute Gasteiger partial charge is 0.300 e. The minimum Gasteiger partial charge on any atom is -0.507 e. The highest BCUT2D eigenvalue weighted by molar-refractivity contribution is 6.51. The molecule has 1 N–H and O–H groups in total. The molecular formula is C29H29N3O4. The Kier molecular flexibility index (Phi) is 6.46. The van der Waals surface area contributed by atoms with E-state index >= 15 is 0 Å². The Morgan fingerprint density at radius 1 is 0.944 bits per heavy atom. The highest BCUT2D eigenvalue weighted by atomic mass is 16.5. The van der Waals surface area contributed by atoms with Crippen molar-refractivity contribution in [2.75, 3.05) is 30.0 Å². The predicted molar refractivity (Wildman–Crippen MR) is 139 cm³/mol. The molecule has 184 valence electrons. The highest BCUT2D eigenvalue weighted by Crippen LogP contribution is 2.42. The van der Waals surface area contributed by atoms with E-state index < -0.39 is 17.7 Å². The molecule has 1 atom stereocenters. The van der Waals surface area contributed by atoms with E-state index in [1.54, 1.807) is 49.8 Å². The van der Waals surface area contributed by atoms with Crippen LogP contribution in [0.15, 0.2) is 72.6 Å². The molecular weight excluding hydrogens is 454 g/mol. The van der Waals surface area contributed by atoms with Gasteiger partial charge in [0.25, 0.3) is 11.7 Å². The molecule has 7 heteroatoms. The number of anilines is 2. The van der Waals surface area contributed by atoms with E-state index in [0.717, 1.165) is 24.3 Å². The number of pyridine rings is 1. The fraction of sp³-hybridized carbons (Fsp3) is 0.276. The number of amides is 1. The number of hydrogen-bond acceptors (Lipinski definition) is 6. The van der Waals surface area contributed by atoms with E-state index in [0.29, 0.717) is 22.6 Å². The van der Waals surface area contributed by atoms with Crippen molar-refractivity contribution >= 4 is 28.8 Å². The second kappa shape index (κ2) is 9.85. The summed E-state index contributed by atoms with van der Waals surface area (Å²) in [5.41, 5.74) is 3.70. The summed E-state index contributed by atoms with van der Waals surface area (Å²) in [5, 5.41) is 11.3. The minimum atomic E-state index is -0.781. The highest BCUT2D eigenvalue weighted by Gasteiger charge is 2.47. The predicted octanol–water partition coefficient (Wildman–Crippen LogP) is 5.02. The van der Waals surface area contributed by atoms with Crippen LogP contribution >= 0.6 is 0 Å². The molecule has 0 bridgehead atoms. The quantitative estimate of drug-likeness (QED) is 0.312. The molecule has 36 heavy (non-hydrogen) atoms. The van der Waals surface area contributed by atoms with E-state index in [2.05, 4.69) is 9.88 Å². The molecule has 0 aliphatic carbocycles. The van der Waals surface area contributed by atoms with E-state index in [1.807, 2.05) is 31.2 Å². The van der Waals surface area contributed by atoms with Crippen LogP contribution in [0, 0.1) is 6.92 Å². The molecule has 1 unspecified atom stereocenters. The van der Waals surface area contributed by atoms with Crippen molar-refractivity contribution in [3.63, 3.8) is 0 Å². The Hall–Kier alpha value is -4.13. The minimum absolute atomic E-state index is 0.0517. The van der Waals surface area contributed by atoms with E-state index in [1.165, 1.54) is 24.2 Å². The van der Waals surface area contributed by atoms with Crippen LogP contribution < -0.4 is 14.5 Å². The number of hydrogen-bond donors (Lipinski definition) is 1. The van der Waals surface area contributed by atoms with Crippen LogP contribution in [0.2, 0.25) is 0 Å². The molecule has 3 heterocycles. The van der Waals surface area contributed by atoms with Gasteiger partial charge < -0.3 is 14.7 Å². The summed E-state index contributed by atoms with van der Waals surface area (Å²) in [6.07, 6.45) is 6.82. The van der Waals surface area contributed by atoms with Gasteiger partial charge in [-0.25, -0.2) is 0 Å². The average Bonchev–Trinajstić information content (AvgIpc) is 3.19. The summed E-state index contributed by atoms with van der Waals surface area (Å²) in [5.74, 6) is -0.933. The first-order valence-electron chi connectivity index (χ1n) is 12.2. The summed E-state index contributed by atoms with van der Waals surface area (Å²) in [6.45, 7) is 3.89. The molecule has 2 aliphatic heterocycles. The zero-order valence-corrected chi connectivity index (χ0v) is 20.5. The number of aliphatic hydroxyl groups is 1. The molecule has 0 radical (unpaired) electrons. The fourth-order valence-corrected chi connectivity index (χ4v) is 5.12. The van der Waals surface area contributed by atoms with E-state index in [-0.39, 0.29) is 11.3 Å². The monoisotopic (exact) mass is 483 g/mol. The zero-order valence-electron chi connectivity index (χ0n) is 20.5. The first kappa shape index (κ1) is 23.6. The van der Waals surface area contributed by atoms with E-state index in [9.17, 15) is 14.7 Å². The van der Waals surface area contributed by atoms with Gasteiger partial charge in [0.2, 0.25) is 0 Å². The third kappa shape index (κ3) is 4.21. The molecule has 0 spiro atoms. The van der Waals surface area contributed by atoms with Crippen LogP contribution in [0.1, 0.15) is 42.0 Å². The van der Waals surface area contributed by atoms with Crippen molar-refractivity contribution in [2.24, 2.45) is 0 Å². The van der Waals surface area contributed by atoms with Crippen LogP contribution in [0.5, 0.6) is 5.75 Å². The number of carbonyl (C=O) groups excluding carboxylic acids is 2. The molecule has 2 aromatic carbocycles. The van der Waals surface area contributed by atoms with Crippen LogP contribution in [0.4, 0.5) is 11.4 Å². The summed E-state index contributed by atoms with van der Waals surface area (Å²) >= 11 is 0. The number of aryl methyl sites for hydroxylation is 1. The average molecular weight is 484 g/mol. The third-order valence-electron chi connectivity index (χ3n) is 6.98. The number of aliphatic hydroxyl groups excluding tert-OH is 1. The Bertz CT molecular complexity index is 1310. The first-order chi connectivity index (χ1) is 17.5. The van der Waals surface area contributed by atoms with Crippen LogP contribution in [-0.2, 0) is 9.59 Å². The number of aromatic nitrogens is 1. The van der Waals surface area contributed by atoms with Gasteiger partial charge in [0.15, 0.2) is 0 Å². The first-order valence-corrected chi connectivity index (χ1v) is 12.2. The summed E-state index contributed by atoms with van der Waals surface area (Å²) in [4.78, 5) is 34.6. The Morgan fingerprint density at radius 3 is 2.25 bits per heavy atom. The van der Waals surface area contributed by atoms with Crippen molar-refractivity contribution in [3.05, 3.63) is 89.3 Å². The second-order valence-corrected chi connectivity index (χ2v) is 9.20. The van der Waals surface area contributed by atoms with Crippen molar-refractivity contribution in [1.29, 1.82) is 0 Å². The number of methoxy groups -OCH3 is 1. The summed E-state index contributed by atoms with van der Waals surface area (Å²) in [6, 6.07) is 15.7. The van der Waals surface area contributed by atoms with Crippen LogP contribution in [0.25, 0.3) is 5.76 Å². The molecule has 5 rings (SSSR count). The zero-order chi connectivity index (χ0) is 25.2. The standard InChI is InChI=1S/C29H29N3O4/c1-19-18-21(6-11-24(19)36-2)27(33)25-26(20-12-14-30-15-13-20)32(29(35)28(25)34)23-9-7-22(8-10-23)31-16-4-3-5-17-31/h6-15,18,26,33H,3-5,16-17H2,1-2H3/b27-25-. The van der Waals surface area contributed by atoms with Gasteiger partial charge in [-0.2, -0.15) is 0 Å². The van der Waals surface area contributed by atoms with Gasteiger partial charge in [-0.1, -0.05) is 0 Å². The molecule has 1 aromatic heterocycles. The number of ether oxygens (including phenoxy) is 1. The lowest BCUT2D eigenvalue weighted by Crippen LogP contribution is -2.30. The van der Waals surface area contributed by atoms with Gasteiger partial charge in [-0.15, -0.1) is 0 Å². The van der Waals surface area contributed by atoms with Crippen molar-refractivity contribution < 1.29 is 19.4 Å². The molecule has 7 nitrogen and oxygen atoms in total. The molecule has 2 aliphatic rings. The number of carbonyl (C=O) groups is 2. The summed E-state index contributed by atoms with van der Waals surface area (Å²) < 4.78 is 5.32. The van der Waals surface area contributed by atoms with E-state index in [4.69, 9.17) is 4.74 Å². The fourth-order valence-electron chi connectivity index (χ4n) is 5.12. The number of benzene rings is 2. The topological polar surface area (TPSA) is 83.0 Å². The van der Waals surface area contributed by atoms with Gasteiger partial charge >= 0.3 is 0 Å².